The Morgan fingerprint density at radius 2 is 1.96 bits per heavy atom. The van der Waals surface area contributed by atoms with Crippen LogP contribution in [0.1, 0.15) is 16.7 Å². The van der Waals surface area contributed by atoms with E-state index in [-0.39, 0.29) is 17.3 Å². The molecule has 7 heteroatoms. The van der Waals surface area contributed by atoms with Crippen LogP contribution in [0.4, 0.5) is 11.4 Å². The summed E-state index contributed by atoms with van der Waals surface area (Å²) in [5.74, 6) is -0.356. The summed E-state index contributed by atoms with van der Waals surface area (Å²) in [6, 6.07) is 12.2. The van der Waals surface area contributed by atoms with Crippen molar-refractivity contribution in [2.45, 2.75) is 6.92 Å². The maximum Gasteiger partial charge on any atom is 0.363 e. The monoisotopic (exact) mass is 351 g/mol. The fraction of sp³-hybridized carbons (Fsp3) is 0.158. The fourth-order valence-corrected chi connectivity index (χ4v) is 2.62. The van der Waals surface area contributed by atoms with Gasteiger partial charge in [0.2, 0.25) is 5.90 Å². The zero-order valence-electron chi connectivity index (χ0n) is 14.6. The number of benzene rings is 2. The number of nitro benzene ring substituents is 1. The van der Waals surface area contributed by atoms with Gasteiger partial charge in [-0.3, -0.25) is 10.1 Å². The first kappa shape index (κ1) is 17.3. The molecule has 0 fully saturated rings. The molecule has 26 heavy (non-hydrogen) atoms. The van der Waals surface area contributed by atoms with Gasteiger partial charge < -0.3 is 9.64 Å². The van der Waals surface area contributed by atoms with Gasteiger partial charge in [0.05, 0.1) is 4.92 Å². The van der Waals surface area contributed by atoms with Crippen molar-refractivity contribution in [1.82, 2.24) is 0 Å². The van der Waals surface area contributed by atoms with Crippen LogP contribution in [-0.4, -0.2) is 30.9 Å². The predicted molar refractivity (Wildman–Crippen MR) is 99.2 cm³/mol. The SMILES string of the molecule is Cc1cccc(C2=N/C(=C\c3ccc(N(C)C)c([N+](=O)[O-])c3)C(=O)O2)c1. The van der Waals surface area contributed by atoms with Crippen LogP contribution in [0, 0.1) is 17.0 Å². The lowest BCUT2D eigenvalue weighted by molar-refractivity contribution is -0.384. The predicted octanol–water partition coefficient (Wildman–Crippen LogP) is 3.31. The van der Waals surface area contributed by atoms with Crippen LogP contribution in [0.25, 0.3) is 6.08 Å². The molecule has 1 aliphatic rings. The van der Waals surface area contributed by atoms with E-state index in [0.717, 1.165) is 5.56 Å². The van der Waals surface area contributed by atoms with E-state index < -0.39 is 10.9 Å². The first-order valence-corrected chi connectivity index (χ1v) is 7.90. The Morgan fingerprint density at radius 1 is 1.19 bits per heavy atom. The van der Waals surface area contributed by atoms with E-state index in [0.29, 0.717) is 16.8 Å². The van der Waals surface area contributed by atoms with E-state index in [1.165, 1.54) is 12.1 Å². The standard InChI is InChI=1S/C19H17N3O4/c1-12-5-4-6-14(9-12)18-20-15(19(23)26-18)10-13-7-8-16(21(2)3)17(11-13)22(24)25/h4-11H,1-3H3/b15-10-. The number of hydrogen-bond donors (Lipinski definition) is 0. The molecule has 1 aliphatic heterocycles. The Labute approximate surface area is 150 Å². The van der Waals surface area contributed by atoms with Crippen LogP contribution in [0.15, 0.2) is 53.2 Å². The number of cyclic esters (lactones) is 1. The number of esters is 1. The number of nitrogens with zero attached hydrogens (tertiary/aromatic N) is 3. The number of aryl methyl sites for hydroxylation is 1. The second-order valence-corrected chi connectivity index (χ2v) is 6.11. The number of hydrogen-bond acceptors (Lipinski definition) is 6. The molecule has 132 valence electrons. The minimum Gasteiger partial charge on any atom is -0.402 e. The summed E-state index contributed by atoms with van der Waals surface area (Å²) in [5.41, 5.74) is 2.77. The van der Waals surface area contributed by atoms with Gasteiger partial charge in [-0.1, -0.05) is 23.8 Å². The largest absolute Gasteiger partial charge is 0.402 e. The molecule has 2 aromatic carbocycles. The van der Waals surface area contributed by atoms with E-state index in [9.17, 15) is 14.9 Å². The molecule has 3 rings (SSSR count). The van der Waals surface area contributed by atoms with Crippen molar-refractivity contribution in [3.8, 4) is 0 Å². The highest BCUT2D eigenvalue weighted by molar-refractivity contribution is 6.12. The Hall–Kier alpha value is -3.48. The molecule has 0 radical (unpaired) electrons. The second-order valence-electron chi connectivity index (χ2n) is 6.11. The number of anilines is 1. The summed E-state index contributed by atoms with van der Waals surface area (Å²) in [6.07, 6.45) is 1.48. The third kappa shape index (κ3) is 3.46. The fourth-order valence-electron chi connectivity index (χ4n) is 2.62. The summed E-state index contributed by atoms with van der Waals surface area (Å²) in [6.45, 7) is 1.93. The molecule has 0 saturated carbocycles. The molecule has 2 aromatic rings. The molecule has 0 aromatic heterocycles. The van der Waals surface area contributed by atoms with Gasteiger partial charge >= 0.3 is 5.97 Å². The zero-order valence-corrected chi connectivity index (χ0v) is 14.6. The highest BCUT2D eigenvalue weighted by Crippen LogP contribution is 2.29. The van der Waals surface area contributed by atoms with Gasteiger partial charge in [0.15, 0.2) is 5.70 Å². The topological polar surface area (TPSA) is 85.0 Å². The molecule has 0 spiro atoms. The zero-order chi connectivity index (χ0) is 18.8. The Bertz CT molecular complexity index is 961. The lowest BCUT2D eigenvalue weighted by Crippen LogP contribution is -2.11. The van der Waals surface area contributed by atoms with Gasteiger partial charge in [0.25, 0.3) is 5.69 Å². The van der Waals surface area contributed by atoms with Crippen LogP contribution in [0.3, 0.4) is 0 Å². The molecule has 0 aliphatic carbocycles. The van der Waals surface area contributed by atoms with E-state index in [2.05, 4.69) is 4.99 Å². The van der Waals surface area contributed by atoms with Crippen molar-refractivity contribution in [3.63, 3.8) is 0 Å². The maximum absolute atomic E-state index is 12.1. The third-order valence-electron chi connectivity index (χ3n) is 3.87. The molecule has 0 bridgehead atoms. The second kappa shape index (κ2) is 6.79. The summed E-state index contributed by atoms with van der Waals surface area (Å²) in [5, 5.41) is 11.3. The van der Waals surface area contributed by atoms with Gasteiger partial charge in [0.1, 0.15) is 5.69 Å². The van der Waals surface area contributed by atoms with Crippen molar-refractivity contribution in [3.05, 3.63) is 75.0 Å². The van der Waals surface area contributed by atoms with Crippen LogP contribution in [-0.2, 0) is 9.53 Å². The Morgan fingerprint density at radius 3 is 2.62 bits per heavy atom. The van der Waals surface area contributed by atoms with E-state index in [4.69, 9.17) is 4.74 Å². The number of ether oxygens (including phenoxy) is 1. The van der Waals surface area contributed by atoms with Crippen LogP contribution in [0.5, 0.6) is 0 Å². The maximum atomic E-state index is 12.1. The van der Waals surface area contributed by atoms with E-state index in [1.54, 1.807) is 37.2 Å². The van der Waals surface area contributed by atoms with Crippen LogP contribution in [0.2, 0.25) is 0 Å². The smallest absolute Gasteiger partial charge is 0.363 e. The van der Waals surface area contributed by atoms with Gasteiger partial charge in [-0.15, -0.1) is 0 Å². The number of nitro groups is 1. The number of carbonyl (C=O) groups excluding carboxylic acids is 1. The van der Waals surface area contributed by atoms with Crippen molar-refractivity contribution in [2.75, 3.05) is 19.0 Å². The molecule has 0 amide bonds. The molecule has 0 unspecified atom stereocenters. The summed E-state index contributed by atoms with van der Waals surface area (Å²) in [7, 11) is 3.46. The molecule has 0 atom stereocenters. The molecule has 0 N–H and O–H groups in total. The lowest BCUT2D eigenvalue weighted by Gasteiger charge is -2.12. The highest BCUT2D eigenvalue weighted by Gasteiger charge is 2.24. The number of aliphatic imine (C=N–C) groups is 1. The van der Waals surface area contributed by atoms with Crippen molar-refractivity contribution in [2.24, 2.45) is 4.99 Å². The molecule has 0 saturated heterocycles. The van der Waals surface area contributed by atoms with E-state index in [1.807, 2.05) is 25.1 Å². The average molecular weight is 351 g/mol. The van der Waals surface area contributed by atoms with Crippen molar-refractivity contribution < 1.29 is 14.5 Å². The first-order chi connectivity index (χ1) is 12.3. The quantitative estimate of drug-likeness (QED) is 0.365. The van der Waals surface area contributed by atoms with Gasteiger partial charge in [-0.25, -0.2) is 9.79 Å². The number of carbonyl (C=O) groups is 1. The average Bonchev–Trinajstić information content (AvgIpc) is 2.95. The summed E-state index contributed by atoms with van der Waals surface area (Å²) < 4.78 is 5.23. The molecule has 7 nitrogen and oxygen atoms in total. The van der Waals surface area contributed by atoms with Crippen LogP contribution >= 0.6 is 0 Å². The third-order valence-corrected chi connectivity index (χ3v) is 3.87. The Kier molecular flexibility index (Phi) is 4.53. The van der Waals surface area contributed by atoms with Gasteiger partial charge in [-0.2, -0.15) is 0 Å². The van der Waals surface area contributed by atoms with E-state index >= 15 is 0 Å². The molecular weight excluding hydrogens is 334 g/mol. The molecule has 1 heterocycles. The number of rotatable bonds is 4. The lowest BCUT2D eigenvalue weighted by atomic mass is 10.1. The van der Waals surface area contributed by atoms with Gasteiger partial charge in [-0.05, 0) is 36.8 Å². The Balaban J connectivity index is 1.98. The minimum absolute atomic E-state index is 0.0430. The normalized spacial score (nSPS) is 15.0. The summed E-state index contributed by atoms with van der Waals surface area (Å²) in [4.78, 5) is 28.8. The molecular formula is C19H17N3O4. The highest BCUT2D eigenvalue weighted by atomic mass is 16.6. The summed E-state index contributed by atoms with van der Waals surface area (Å²) >= 11 is 0. The van der Waals surface area contributed by atoms with Crippen molar-refractivity contribution in [1.29, 1.82) is 0 Å². The van der Waals surface area contributed by atoms with Gasteiger partial charge in [0, 0.05) is 25.7 Å². The van der Waals surface area contributed by atoms with Crippen molar-refractivity contribution >= 4 is 29.3 Å². The first-order valence-electron chi connectivity index (χ1n) is 7.90. The van der Waals surface area contributed by atoms with Crippen LogP contribution < -0.4 is 4.90 Å². The minimum atomic E-state index is -0.583.